The van der Waals surface area contributed by atoms with Crippen molar-refractivity contribution >= 4 is 15.7 Å². The van der Waals surface area contributed by atoms with E-state index in [1.54, 1.807) is 13.8 Å². The first kappa shape index (κ1) is 14.5. The number of hydrogen-bond acceptors (Lipinski definition) is 4. The summed E-state index contributed by atoms with van der Waals surface area (Å²) >= 11 is 0. The van der Waals surface area contributed by atoms with Gasteiger partial charge in [0, 0.05) is 12.1 Å². The quantitative estimate of drug-likeness (QED) is 0.794. The number of H-pyrrole nitrogens is 1. The van der Waals surface area contributed by atoms with Gasteiger partial charge in [-0.15, -0.1) is 0 Å². The Morgan fingerprint density at radius 3 is 2.65 bits per heavy atom. The molecule has 0 aliphatic rings. The van der Waals surface area contributed by atoms with Gasteiger partial charge < -0.3 is 5.73 Å². The number of sulfonamides is 1. The number of benzene rings is 1. The number of hydrogen-bond donors (Lipinski definition) is 3. The monoisotopic (exact) mass is 298 g/mol. The summed E-state index contributed by atoms with van der Waals surface area (Å²) in [6.07, 6.45) is 0. The van der Waals surface area contributed by atoms with Crippen LogP contribution >= 0.6 is 0 Å². The summed E-state index contributed by atoms with van der Waals surface area (Å²) in [4.78, 5) is -0.167. The van der Waals surface area contributed by atoms with Crippen molar-refractivity contribution in [3.8, 4) is 0 Å². The molecule has 0 spiro atoms. The number of aromatic nitrogens is 2. The van der Waals surface area contributed by atoms with Crippen molar-refractivity contribution in [1.29, 1.82) is 0 Å². The Morgan fingerprint density at radius 2 is 2.10 bits per heavy atom. The summed E-state index contributed by atoms with van der Waals surface area (Å²) in [5.74, 6) is -0.643. The molecule has 0 amide bonds. The van der Waals surface area contributed by atoms with Crippen molar-refractivity contribution in [3.05, 3.63) is 41.0 Å². The van der Waals surface area contributed by atoms with Crippen LogP contribution in [0.4, 0.5) is 10.1 Å². The lowest BCUT2D eigenvalue weighted by molar-refractivity contribution is 0.585. The van der Waals surface area contributed by atoms with Gasteiger partial charge in [-0.3, -0.25) is 9.82 Å². The van der Waals surface area contributed by atoms with Crippen molar-refractivity contribution in [2.24, 2.45) is 5.73 Å². The van der Waals surface area contributed by atoms with Gasteiger partial charge in [0.15, 0.2) is 0 Å². The van der Waals surface area contributed by atoms with Gasteiger partial charge in [-0.05, 0) is 26.0 Å². The lowest BCUT2D eigenvalue weighted by Crippen LogP contribution is -2.18. The average Bonchev–Trinajstić information content (AvgIpc) is 2.70. The van der Waals surface area contributed by atoms with Crippen LogP contribution in [0.2, 0.25) is 0 Å². The molecule has 0 bridgehead atoms. The molecule has 20 heavy (non-hydrogen) atoms. The molecule has 6 nitrogen and oxygen atoms in total. The molecule has 0 radical (unpaired) electrons. The summed E-state index contributed by atoms with van der Waals surface area (Å²) in [6, 6.07) is 3.83. The molecule has 0 saturated heterocycles. The molecule has 0 aliphatic heterocycles. The summed E-state index contributed by atoms with van der Waals surface area (Å²) < 4.78 is 40.8. The molecule has 0 saturated carbocycles. The Hall–Kier alpha value is -1.93. The van der Waals surface area contributed by atoms with Crippen LogP contribution < -0.4 is 10.5 Å². The third-order valence-electron chi connectivity index (χ3n) is 2.93. The van der Waals surface area contributed by atoms with Gasteiger partial charge in [0.25, 0.3) is 10.0 Å². The van der Waals surface area contributed by atoms with E-state index < -0.39 is 15.8 Å². The fraction of sp³-hybridized carbons (Fsp3) is 0.250. The van der Waals surface area contributed by atoms with Crippen molar-refractivity contribution < 1.29 is 12.8 Å². The molecule has 0 fully saturated rings. The molecule has 1 aromatic heterocycles. The zero-order valence-electron chi connectivity index (χ0n) is 11.1. The Morgan fingerprint density at radius 1 is 1.40 bits per heavy atom. The van der Waals surface area contributed by atoms with Crippen LogP contribution in [0.25, 0.3) is 0 Å². The topological polar surface area (TPSA) is 101 Å². The van der Waals surface area contributed by atoms with E-state index in [4.69, 9.17) is 5.73 Å². The van der Waals surface area contributed by atoms with E-state index in [0.717, 1.165) is 0 Å². The molecule has 2 rings (SSSR count). The highest BCUT2D eigenvalue weighted by Crippen LogP contribution is 2.24. The fourth-order valence-corrected chi connectivity index (χ4v) is 3.32. The predicted octanol–water partition coefficient (Wildman–Crippen LogP) is 1.43. The lowest BCUT2D eigenvalue weighted by atomic mass is 10.2. The van der Waals surface area contributed by atoms with Gasteiger partial charge in [-0.2, -0.15) is 5.10 Å². The van der Waals surface area contributed by atoms with E-state index in [1.165, 1.54) is 18.2 Å². The van der Waals surface area contributed by atoms with Gasteiger partial charge in [-0.25, -0.2) is 12.8 Å². The van der Waals surface area contributed by atoms with Gasteiger partial charge >= 0.3 is 0 Å². The number of nitrogens with one attached hydrogen (secondary N) is 2. The molecular weight excluding hydrogens is 283 g/mol. The molecule has 0 atom stereocenters. The van der Waals surface area contributed by atoms with Gasteiger partial charge in [0.1, 0.15) is 5.82 Å². The lowest BCUT2D eigenvalue weighted by Gasteiger charge is -2.12. The molecular formula is C12H15FN4O2S. The SMILES string of the molecule is Cc1n[nH]c(C)c1NS(=O)(=O)c1cccc(F)c1CN. The van der Waals surface area contributed by atoms with E-state index in [9.17, 15) is 12.8 Å². The maximum absolute atomic E-state index is 13.6. The number of anilines is 1. The average molecular weight is 298 g/mol. The molecule has 0 aliphatic carbocycles. The van der Waals surface area contributed by atoms with E-state index >= 15 is 0 Å². The van der Waals surface area contributed by atoms with Crippen LogP contribution in [0.15, 0.2) is 23.1 Å². The molecule has 8 heteroatoms. The summed E-state index contributed by atoms with van der Waals surface area (Å²) in [5.41, 5.74) is 6.84. The highest BCUT2D eigenvalue weighted by molar-refractivity contribution is 7.92. The Balaban J connectivity index is 2.49. The number of aryl methyl sites for hydroxylation is 2. The first-order valence-electron chi connectivity index (χ1n) is 5.88. The number of nitrogens with two attached hydrogens (primary N) is 1. The minimum Gasteiger partial charge on any atom is -0.326 e. The first-order chi connectivity index (χ1) is 9.36. The van der Waals surface area contributed by atoms with Crippen molar-refractivity contribution in [3.63, 3.8) is 0 Å². The van der Waals surface area contributed by atoms with Crippen LogP contribution in [0.1, 0.15) is 17.0 Å². The summed E-state index contributed by atoms with van der Waals surface area (Å²) in [5, 5.41) is 6.58. The minimum absolute atomic E-state index is 0.0428. The van der Waals surface area contributed by atoms with Crippen LogP contribution in [0, 0.1) is 19.7 Å². The second-order valence-corrected chi connectivity index (χ2v) is 5.99. The van der Waals surface area contributed by atoms with Crippen LogP contribution in [-0.2, 0) is 16.6 Å². The first-order valence-corrected chi connectivity index (χ1v) is 7.37. The maximum atomic E-state index is 13.6. The van der Waals surface area contributed by atoms with Crippen molar-refractivity contribution in [1.82, 2.24) is 10.2 Å². The molecule has 0 unspecified atom stereocenters. The summed E-state index contributed by atoms with van der Waals surface area (Å²) in [6.45, 7) is 3.15. The zero-order chi connectivity index (χ0) is 14.9. The standard InChI is InChI=1S/C12H15FN4O2S/c1-7-12(8(2)16-15-7)17-20(18,19)11-5-3-4-10(13)9(11)6-14/h3-5,17H,6,14H2,1-2H3,(H,15,16). The molecule has 2 aromatic rings. The van der Waals surface area contributed by atoms with Gasteiger partial charge in [0.05, 0.1) is 22.0 Å². The number of nitrogens with zero attached hydrogens (tertiary/aromatic N) is 1. The van der Waals surface area contributed by atoms with Crippen molar-refractivity contribution in [2.45, 2.75) is 25.3 Å². The second kappa shape index (κ2) is 5.22. The van der Waals surface area contributed by atoms with E-state index in [2.05, 4.69) is 14.9 Å². The highest BCUT2D eigenvalue weighted by Gasteiger charge is 2.22. The minimum atomic E-state index is -3.92. The number of aromatic amines is 1. The smallest absolute Gasteiger partial charge is 0.262 e. The molecule has 1 heterocycles. The Bertz CT molecular complexity index is 720. The zero-order valence-corrected chi connectivity index (χ0v) is 11.9. The van der Waals surface area contributed by atoms with Crippen LogP contribution in [0.3, 0.4) is 0 Å². The van der Waals surface area contributed by atoms with Crippen LogP contribution in [-0.4, -0.2) is 18.6 Å². The Kier molecular flexibility index (Phi) is 3.78. The number of halogens is 1. The normalized spacial score (nSPS) is 11.6. The molecule has 4 N–H and O–H groups in total. The van der Waals surface area contributed by atoms with Gasteiger partial charge in [0.2, 0.25) is 0 Å². The maximum Gasteiger partial charge on any atom is 0.262 e. The third kappa shape index (κ3) is 2.52. The number of rotatable bonds is 4. The van der Waals surface area contributed by atoms with Gasteiger partial charge in [-0.1, -0.05) is 6.07 Å². The fourth-order valence-electron chi connectivity index (χ4n) is 1.88. The van der Waals surface area contributed by atoms with E-state index in [-0.39, 0.29) is 17.0 Å². The van der Waals surface area contributed by atoms with E-state index in [1.807, 2.05) is 0 Å². The Labute approximate surface area is 116 Å². The van der Waals surface area contributed by atoms with Crippen LogP contribution in [0.5, 0.6) is 0 Å². The molecule has 108 valence electrons. The predicted molar refractivity (Wildman–Crippen MR) is 73.2 cm³/mol. The second-order valence-electron chi connectivity index (χ2n) is 4.34. The molecule has 1 aromatic carbocycles. The largest absolute Gasteiger partial charge is 0.326 e. The highest BCUT2D eigenvalue weighted by atomic mass is 32.2. The summed E-state index contributed by atoms with van der Waals surface area (Å²) in [7, 11) is -3.92. The van der Waals surface area contributed by atoms with Crippen molar-refractivity contribution in [2.75, 3.05) is 4.72 Å². The van der Waals surface area contributed by atoms with E-state index in [0.29, 0.717) is 17.1 Å². The third-order valence-corrected chi connectivity index (χ3v) is 4.37.